The van der Waals surface area contributed by atoms with Crippen LogP contribution < -0.4 is 9.80 Å². The zero-order valence-electron chi connectivity index (χ0n) is 58.5. The largest absolute Gasteiger partial charge is 0.456 e. The van der Waals surface area contributed by atoms with E-state index in [1.807, 2.05) is 18.2 Å². The van der Waals surface area contributed by atoms with Gasteiger partial charge in [0.2, 0.25) is 0 Å². The first-order chi connectivity index (χ1) is 50.3. The highest BCUT2D eigenvalue weighted by Crippen LogP contribution is 2.55. The molecule has 0 radical (unpaired) electrons. The van der Waals surface area contributed by atoms with Crippen LogP contribution in [0.5, 0.6) is 0 Å². The molecule has 0 atom stereocenters. The summed E-state index contributed by atoms with van der Waals surface area (Å²) in [5, 5.41) is 6.48. The molecular weight excluding hydrogens is 1250 g/mol. The van der Waals surface area contributed by atoms with E-state index in [1.165, 1.54) is 11.1 Å². The van der Waals surface area contributed by atoms with Gasteiger partial charge >= 0.3 is 0 Å². The second kappa shape index (κ2) is 25.2. The molecule has 0 spiro atoms. The first-order valence-corrected chi connectivity index (χ1v) is 35.6. The lowest BCUT2D eigenvalue weighted by Gasteiger charge is -2.35. The number of hydrogen-bond acceptors (Lipinski definition) is 5. The summed E-state index contributed by atoms with van der Waals surface area (Å²) in [7, 11) is 0. The lowest BCUT2D eigenvalue weighted by atomic mass is 9.81. The standard InChI is InChI=1S/C98H74N2O3/c1-97(2,3)71-58-82(63-27-11-7-12-28-63)95(83(59-71)64-29-13-8-14-30-64)99(73-50-45-67(46-51-73)77-38-25-43-91-93(77)80-36-20-23-41-88(80)102-91)75-55-70(69-49-54-90-86(57-69)79-35-19-22-40-87(79)101-90)56-76(62-75)100(74-52-47-68(48-53-74)78-39-26-44-92-94(78)81-37-21-24-42-89(81)103-92)96-84(65-31-15-9-16-32-65)60-72(98(4,5)6)61-85(96)66-33-17-10-18-34-66/h7-62H,1-6H3. The van der Waals surface area contributed by atoms with Gasteiger partial charge in [0.05, 0.1) is 11.4 Å². The van der Waals surface area contributed by atoms with Gasteiger partial charge in [-0.05, 0) is 187 Å². The molecule has 0 saturated carbocycles. The summed E-state index contributed by atoms with van der Waals surface area (Å²) >= 11 is 0. The lowest BCUT2D eigenvalue weighted by molar-refractivity contribution is 0.590. The summed E-state index contributed by atoms with van der Waals surface area (Å²) in [6.07, 6.45) is 0. The highest BCUT2D eigenvalue weighted by Gasteiger charge is 2.31. The fourth-order valence-corrected chi connectivity index (χ4v) is 15.3. The van der Waals surface area contributed by atoms with Crippen LogP contribution in [0.4, 0.5) is 34.1 Å². The van der Waals surface area contributed by atoms with Crippen molar-refractivity contribution in [2.75, 3.05) is 9.80 Å². The predicted octanol–water partition coefficient (Wildman–Crippen LogP) is 28.6. The van der Waals surface area contributed by atoms with Crippen molar-refractivity contribution in [1.29, 1.82) is 0 Å². The number of fused-ring (bicyclic) bond motifs is 9. The van der Waals surface area contributed by atoms with Crippen molar-refractivity contribution < 1.29 is 13.3 Å². The van der Waals surface area contributed by atoms with Gasteiger partial charge in [-0.2, -0.15) is 0 Å². The normalized spacial score (nSPS) is 12.0. The summed E-state index contributed by atoms with van der Waals surface area (Å²) in [5.74, 6) is 0. The van der Waals surface area contributed by atoms with Crippen LogP contribution in [0.25, 0.3) is 144 Å². The molecule has 0 aliphatic heterocycles. The van der Waals surface area contributed by atoms with Crippen molar-refractivity contribution >= 4 is 99.9 Å². The van der Waals surface area contributed by atoms with E-state index in [1.54, 1.807) is 0 Å². The molecule has 18 aromatic rings. The van der Waals surface area contributed by atoms with Gasteiger partial charge in [-0.15, -0.1) is 0 Å². The first kappa shape index (κ1) is 62.5. The Balaban J connectivity index is 0.973. The van der Waals surface area contributed by atoms with Crippen LogP contribution in [-0.4, -0.2) is 0 Å². The van der Waals surface area contributed by atoms with E-state index in [0.717, 1.165) is 178 Å². The molecule has 0 aliphatic carbocycles. The van der Waals surface area contributed by atoms with Crippen LogP contribution in [0.15, 0.2) is 353 Å². The Kier molecular flexibility index (Phi) is 15.3. The van der Waals surface area contributed by atoms with E-state index in [0.29, 0.717) is 0 Å². The third-order valence-corrected chi connectivity index (χ3v) is 20.5. The van der Waals surface area contributed by atoms with Gasteiger partial charge in [-0.3, -0.25) is 0 Å². The van der Waals surface area contributed by atoms with Gasteiger partial charge in [0.15, 0.2) is 0 Å². The second-order valence-corrected chi connectivity index (χ2v) is 29.2. The smallest absolute Gasteiger partial charge is 0.136 e. The molecular formula is C98H74N2O3. The van der Waals surface area contributed by atoms with E-state index in [-0.39, 0.29) is 10.8 Å². The van der Waals surface area contributed by atoms with E-state index in [4.69, 9.17) is 13.3 Å². The zero-order chi connectivity index (χ0) is 69.5. The minimum Gasteiger partial charge on any atom is -0.456 e. The Hall–Kier alpha value is -12.7. The van der Waals surface area contributed by atoms with Gasteiger partial charge in [0.25, 0.3) is 0 Å². The van der Waals surface area contributed by atoms with Crippen LogP contribution in [0, 0.1) is 0 Å². The molecule has 0 unspecified atom stereocenters. The molecule has 0 aliphatic rings. The van der Waals surface area contributed by atoms with Crippen molar-refractivity contribution in [3.63, 3.8) is 0 Å². The van der Waals surface area contributed by atoms with Gasteiger partial charge < -0.3 is 23.1 Å². The third kappa shape index (κ3) is 11.3. The average molecular weight is 1330 g/mol. The Labute approximate surface area is 600 Å². The van der Waals surface area contributed by atoms with E-state index in [9.17, 15) is 0 Å². The predicted molar refractivity (Wildman–Crippen MR) is 433 cm³/mol. The van der Waals surface area contributed by atoms with Crippen molar-refractivity contribution in [3.8, 4) is 77.9 Å². The Morgan fingerprint density at radius 2 is 0.515 bits per heavy atom. The molecule has 3 heterocycles. The summed E-state index contributed by atoms with van der Waals surface area (Å²) in [6, 6.07) is 124. The molecule has 103 heavy (non-hydrogen) atoms. The maximum atomic E-state index is 6.62. The van der Waals surface area contributed by atoms with E-state index in [2.05, 4.69) is 373 Å². The molecule has 494 valence electrons. The Bertz CT molecular complexity index is 5780. The monoisotopic (exact) mass is 1330 g/mol. The molecule has 0 bridgehead atoms. The van der Waals surface area contributed by atoms with Crippen LogP contribution in [-0.2, 0) is 10.8 Å². The molecule has 0 saturated heterocycles. The van der Waals surface area contributed by atoms with E-state index >= 15 is 0 Å². The Morgan fingerprint density at radius 1 is 0.204 bits per heavy atom. The van der Waals surface area contributed by atoms with Crippen LogP contribution in [0.3, 0.4) is 0 Å². The number of furan rings is 3. The summed E-state index contributed by atoms with van der Waals surface area (Å²) in [6.45, 7) is 13.9. The molecule has 0 N–H and O–H groups in total. The van der Waals surface area contributed by atoms with E-state index < -0.39 is 0 Å². The van der Waals surface area contributed by atoms with Crippen LogP contribution in [0.2, 0.25) is 0 Å². The van der Waals surface area contributed by atoms with Crippen molar-refractivity contribution in [2.24, 2.45) is 0 Å². The molecule has 5 heteroatoms. The van der Waals surface area contributed by atoms with Gasteiger partial charge in [-0.25, -0.2) is 0 Å². The molecule has 3 aromatic heterocycles. The quantitative estimate of drug-likeness (QED) is 0.115. The van der Waals surface area contributed by atoms with Crippen molar-refractivity contribution in [2.45, 2.75) is 52.4 Å². The summed E-state index contributed by atoms with van der Waals surface area (Å²) in [5.41, 5.74) is 28.4. The van der Waals surface area contributed by atoms with Gasteiger partial charge in [-0.1, -0.05) is 272 Å². The number of rotatable bonds is 13. The van der Waals surface area contributed by atoms with Crippen molar-refractivity contribution in [1.82, 2.24) is 0 Å². The molecule has 18 rings (SSSR count). The Morgan fingerprint density at radius 3 is 0.903 bits per heavy atom. The zero-order valence-corrected chi connectivity index (χ0v) is 58.5. The first-order valence-electron chi connectivity index (χ1n) is 35.6. The van der Waals surface area contributed by atoms with Gasteiger partial charge in [0, 0.05) is 77.3 Å². The number of benzene rings is 15. The fraction of sp³-hybridized carbons (Fsp3) is 0.0816. The maximum Gasteiger partial charge on any atom is 0.136 e. The number of anilines is 6. The molecule has 15 aromatic carbocycles. The molecule has 0 amide bonds. The number of para-hydroxylation sites is 3. The molecule has 5 nitrogen and oxygen atoms in total. The number of nitrogens with zero attached hydrogens (tertiary/aromatic N) is 2. The highest BCUT2D eigenvalue weighted by atomic mass is 16.3. The van der Waals surface area contributed by atoms with Gasteiger partial charge in [0.1, 0.15) is 33.5 Å². The fourth-order valence-electron chi connectivity index (χ4n) is 15.3. The maximum absolute atomic E-state index is 6.62. The average Bonchev–Trinajstić information content (AvgIpc) is 1.62. The summed E-state index contributed by atoms with van der Waals surface area (Å²) in [4.78, 5) is 5.09. The third-order valence-electron chi connectivity index (χ3n) is 20.5. The minimum atomic E-state index is -0.219. The van der Waals surface area contributed by atoms with Crippen molar-refractivity contribution in [3.05, 3.63) is 351 Å². The molecule has 0 fully saturated rings. The topological polar surface area (TPSA) is 45.9 Å². The lowest BCUT2D eigenvalue weighted by Crippen LogP contribution is -2.18. The summed E-state index contributed by atoms with van der Waals surface area (Å²) < 4.78 is 19.7. The number of hydrogen-bond donors (Lipinski definition) is 0. The van der Waals surface area contributed by atoms with Crippen LogP contribution in [0.1, 0.15) is 52.7 Å². The highest BCUT2D eigenvalue weighted by molar-refractivity contribution is 6.14. The minimum absolute atomic E-state index is 0.219. The SMILES string of the molecule is CC(C)(C)c1cc(-c2ccccc2)c(N(c2ccc(-c3cccc4oc5ccccc5c34)cc2)c2cc(-c3ccc4oc5ccccc5c4c3)cc(N(c3ccc(-c4cccc5oc6ccccc6c45)cc3)c3c(-c4ccccc4)cc(C(C)(C)C)cc3-c3ccccc3)c2)c(-c2ccccc2)c1. The van der Waals surface area contributed by atoms with Crippen LogP contribution >= 0.6 is 0 Å². The second-order valence-electron chi connectivity index (χ2n) is 29.2.